The van der Waals surface area contributed by atoms with E-state index in [4.69, 9.17) is 11.6 Å². The minimum atomic E-state index is -4.15. The highest BCUT2D eigenvalue weighted by molar-refractivity contribution is 9.10. The fourth-order valence-corrected chi connectivity index (χ4v) is 6.01. The van der Waals surface area contributed by atoms with Gasteiger partial charge in [0.2, 0.25) is 11.8 Å². The molecular weight excluding hydrogens is 602 g/mol. The third-order valence-corrected chi connectivity index (χ3v) is 8.68. The molecule has 0 aliphatic heterocycles. The van der Waals surface area contributed by atoms with Crippen LogP contribution in [0.1, 0.15) is 31.9 Å². The third-order valence-electron chi connectivity index (χ3n) is 6.16. The number of benzene rings is 3. The number of para-hydroxylation sites is 1. The predicted molar refractivity (Wildman–Crippen MR) is 159 cm³/mol. The smallest absolute Gasteiger partial charge is 0.264 e. The van der Waals surface area contributed by atoms with Gasteiger partial charge in [0.1, 0.15) is 12.6 Å². The van der Waals surface area contributed by atoms with Crippen LogP contribution in [-0.2, 0) is 26.2 Å². The first-order chi connectivity index (χ1) is 18.4. The lowest BCUT2D eigenvalue weighted by Gasteiger charge is -2.32. The molecular formula is C29H33BrClN3O4S. The lowest BCUT2D eigenvalue weighted by atomic mass is 10.1. The van der Waals surface area contributed by atoms with E-state index in [1.807, 2.05) is 38.1 Å². The molecule has 0 saturated heterocycles. The van der Waals surface area contributed by atoms with E-state index in [1.165, 1.54) is 29.2 Å². The Morgan fingerprint density at radius 1 is 0.974 bits per heavy atom. The molecule has 0 aliphatic carbocycles. The fraction of sp³-hybridized carbons (Fsp3) is 0.310. The van der Waals surface area contributed by atoms with Crippen molar-refractivity contribution in [3.05, 3.63) is 93.4 Å². The van der Waals surface area contributed by atoms with Crippen LogP contribution in [0.3, 0.4) is 0 Å². The maximum Gasteiger partial charge on any atom is 0.264 e. The molecule has 1 unspecified atom stereocenters. The highest BCUT2D eigenvalue weighted by Gasteiger charge is 2.33. The number of hydrogen-bond donors (Lipinski definition) is 1. The topological polar surface area (TPSA) is 86.8 Å². The highest BCUT2D eigenvalue weighted by atomic mass is 79.9. The molecule has 3 rings (SSSR count). The van der Waals surface area contributed by atoms with E-state index in [0.717, 1.165) is 14.3 Å². The average Bonchev–Trinajstić information content (AvgIpc) is 2.89. The molecule has 208 valence electrons. The minimum absolute atomic E-state index is 0.00391. The van der Waals surface area contributed by atoms with E-state index < -0.39 is 28.5 Å². The maximum atomic E-state index is 14.0. The van der Waals surface area contributed by atoms with Gasteiger partial charge in [0.15, 0.2) is 0 Å². The van der Waals surface area contributed by atoms with E-state index >= 15 is 0 Å². The number of rotatable bonds is 11. The summed E-state index contributed by atoms with van der Waals surface area (Å²) in [4.78, 5) is 28.4. The van der Waals surface area contributed by atoms with Crippen molar-refractivity contribution in [2.24, 2.45) is 5.92 Å². The molecule has 0 heterocycles. The van der Waals surface area contributed by atoms with Crippen LogP contribution in [0.4, 0.5) is 5.69 Å². The zero-order chi connectivity index (χ0) is 28.7. The van der Waals surface area contributed by atoms with Gasteiger partial charge in [-0.3, -0.25) is 13.9 Å². The molecule has 0 radical (unpaired) electrons. The predicted octanol–water partition coefficient (Wildman–Crippen LogP) is 5.80. The molecule has 39 heavy (non-hydrogen) atoms. The summed E-state index contributed by atoms with van der Waals surface area (Å²) in [6, 6.07) is 19.4. The number of amides is 2. The second-order valence-corrected chi connectivity index (χ2v) is 12.9. The summed E-state index contributed by atoms with van der Waals surface area (Å²) in [5.74, 6) is -0.588. The van der Waals surface area contributed by atoms with Crippen molar-refractivity contribution in [3.8, 4) is 0 Å². The number of nitrogens with one attached hydrogen (secondary N) is 1. The third kappa shape index (κ3) is 8.06. The first-order valence-electron chi connectivity index (χ1n) is 12.6. The zero-order valence-corrected chi connectivity index (χ0v) is 25.6. The Morgan fingerprint density at radius 3 is 2.26 bits per heavy atom. The number of aryl methyl sites for hydroxylation is 1. The summed E-state index contributed by atoms with van der Waals surface area (Å²) in [6.07, 6.45) is 0. The highest BCUT2D eigenvalue weighted by Crippen LogP contribution is 2.28. The molecule has 0 fully saturated rings. The summed E-state index contributed by atoms with van der Waals surface area (Å²) >= 11 is 9.45. The van der Waals surface area contributed by atoms with Gasteiger partial charge in [0.05, 0.1) is 10.6 Å². The zero-order valence-electron chi connectivity index (χ0n) is 22.4. The van der Waals surface area contributed by atoms with Crippen molar-refractivity contribution in [1.29, 1.82) is 0 Å². The first-order valence-corrected chi connectivity index (χ1v) is 15.2. The molecule has 3 aromatic carbocycles. The summed E-state index contributed by atoms with van der Waals surface area (Å²) in [5, 5.41) is 3.28. The van der Waals surface area contributed by atoms with E-state index in [-0.39, 0.29) is 23.3 Å². The van der Waals surface area contributed by atoms with E-state index in [2.05, 4.69) is 21.2 Å². The van der Waals surface area contributed by atoms with Crippen LogP contribution in [0.25, 0.3) is 0 Å². The Labute approximate surface area is 244 Å². The largest absolute Gasteiger partial charge is 0.354 e. The Bertz CT molecular complexity index is 1410. The van der Waals surface area contributed by atoms with E-state index in [1.54, 1.807) is 38.1 Å². The molecule has 7 nitrogen and oxygen atoms in total. The van der Waals surface area contributed by atoms with Gasteiger partial charge in [-0.25, -0.2) is 8.42 Å². The van der Waals surface area contributed by atoms with Crippen LogP contribution >= 0.6 is 27.5 Å². The maximum absolute atomic E-state index is 14.0. The van der Waals surface area contributed by atoms with Crippen molar-refractivity contribution in [2.75, 3.05) is 17.4 Å². The normalized spacial score (nSPS) is 12.2. The summed E-state index contributed by atoms with van der Waals surface area (Å²) in [7, 11) is -4.15. The van der Waals surface area contributed by atoms with Gasteiger partial charge >= 0.3 is 0 Å². The van der Waals surface area contributed by atoms with Gasteiger partial charge < -0.3 is 10.2 Å². The molecule has 1 N–H and O–H groups in total. The van der Waals surface area contributed by atoms with Gasteiger partial charge in [0.25, 0.3) is 10.0 Å². The lowest BCUT2D eigenvalue weighted by molar-refractivity contribution is -0.139. The summed E-state index contributed by atoms with van der Waals surface area (Å²) in [6.45, 7) is 7.49. The quantitative estimate of drug-likeness (QED) is 0.289. The van der Waals surface area contributed by atoms with Gasteiger partial charge in [0, 0.05) is 22.6 Å². The van der Waals surface area contributed by atoms with Crippen LogP contribution in [-0.4, -0.2) is 44.3 Å². The minimum Gasteiger partial charge on any atom is -0.354 e. The molecule has 2 amide bonds. The number of carbonyl (C=O) groups is 2. The second kappa shape index (κ2) is 13.5. The number of halogens is 2. The Balaban J connectivity index is 2.02. The van der Waals surface area contributed by atoms with Gasteiger partial charge in [-0.1, -0.05) is 71.7 Å². The van der Waals surface area contributed by atoms with E-state index in [9.17, 15) is 18.0 Å². The number of nitrogens with zero attached hydrogens (tertiary/aromatic N) is 2. The molecule has 0 saturated carbocycles. The molecule has 0 aromatic heterocycles. The van der Waals surface area contributed by atoms with E-state index in [0.29, 0.717) is 22.8 Å². The SMILES string of the molecule is Cc1ccccc1N(CC(=O)N(Cc1cccc(Br)c1)C(C)C(=O)NCC(C)C)S(=O)(=O)c1ccc(Cl)cc1. The average molecular weight is 635 g/mol. The van der Waals surface area contributed by atoms with Gasteiger partial charge in [-0.2, -0.15) is 0 Å². The Morgan fingerprint density at radius 2 is 1.64 bits per heavy atom. The molecule has 0 bridgehead atoms. The van der Waals surface area contributed by atoms with Crippen molar-refractivity contribution in [3.63, 3.8) is 0 Å². The fourth-order valence-electron chi connectivity index (χ4n) is 3.96. The monoisotopic (exact) mass is 633 g/mol. The standard InChI is InChI=1S/C29H33BrClN3O4S/c1-20(2)17-32-29(36)22(4)33(18-23-9-7-10-24(30)16-23)28(35)19-34(27-11-6-5-8-21(27)3)39(37,38)26-14-12-25(31)13-15-26/h5-16,20,22H,17-19H2,1-4H3,(H,32,36). The number of hydrogen-bond acceptors (Lipinski definition) is 4. The van der Waals surface area contributed by atoms with Crippen molar-refractivity contribution in [2.45, 2.75) is 45.2 Å². The number of anilines is 1. The summed E-state index contributed by atoms with van der Waals surface area (Å²) in [5.41, 5.74) is 1.86. The van der Waals surface area contributed by atoms with Crippen molar-refractivity contribution >= 4 is 55.1 Å². The van der Waals surface area contributed by atoms with Crippen molar-refractivity contribution in [1.82, 2.24) is 10.2 Å². The molecule has 3 aromatic rings. The Kier molecular flexibility index (Phi) is 10.6. The van der Waals surface area contributed by atoms with Crippen LogP contribution in [0.2, 0.25) is 5.02 Å². The van der Waals surface area contributed by atoms with Gasteiger partial charge in [-0.05, 0) is 73.4 Å². The van der Waals surface area contributed by atoms with Crippen LogP contribution in [0.15, 0.2) is 82.2 Å². The van der Waals surface area contributed by atoms with Crippen LogP contribution in [0, 0.1) is 12.8 Å². The second-order valence-electron chi connectivity index (χ2n) is 9.72. The summed E-state index contributed by atoms with van der Waals surface area (Å²) < 4.78 is 29.7. The van der Waals surface area contributed by atoms with Crippen molar-refractivity contribution < 1.29 is 18.0 Å². The Hall–Kier alpha value is -2.88. The van der Waals surface area contributed by atoms with Crippen LogP contribution in [0.5, 0.6) is 0 Å². The molecule has 10 heteroatoms. The number of sulfonamides is 1. The van der Waals surface area contributed by atoms with Crippen LogP contribution < -0.4 is 9.62 Å². The number of carbonyl (C=O) groups excluding carboxylic acids is 2. The first kappa shape index (κ1) is 30.7. The molecule has 1 atom stereocenters. The molecule has 0 aliphatic rings. The van der Waals surface area contributed by atoms with Gasteiger partial charge in [-0.15, -0.1) is 0 Å². The lowest BCUT2D eigenvalue weighted by Crippen LogP contribution is -2.51. The molecule has 0 spiro atoms.